The maximum absolute atomic E-state index is 12.3. The van der Waals surface area contributed by atoms with E-state index in [0.29, 0.717) is 5.56 Å². The topological polar surface area (TPSA) is 121 Å². The van der Waals surface area contributed by atoms with Gasteiger partial charge in [-0.15, -0.1) is 0 Å². The molecule has 142 valence electrons. The fourth-order valence-electron chi connectivity index (χ4n) is 2.58. The van der Waals surface area contributed by atoms with Gasteiger partial charge in [0.05, 0.1) is 4.90 Å². The molecular formula is C17H22N2O6S. The molecule has 0 bridgehead atoms. The van der Waals surface area contributed by atoms with Crippen molar-refractivity contribution in [3.8, 4) is 0 Å². The van der Waals surface area contributed by atoms with Crippen LogP contribution in [0, 0.1) is 0 Å². The first-order valence-electron chi connectivity index (χ1n) is 8.28. The van der Waals surface area contributed by atoms with Gasteiger partial charge in [0.1, 0.15) is 6.04 Å². The Morgan fingerprint density at radius 2 is 1.81 bits per heavy atom. The number of amides is 1. The molecule has 0 aliphatic heterocycles. The van der Waals surface area contributed by atoms with Gasteiger partial charge in [0, 0.05) is 24.6 Å². The number of carbonyl (C=O) groups is 3. The van der Waals surface area contributed by atoms with E-state index in [1.54, 1.807) is 0 Å². The molecule has 26 heavy (non-hydrogen) atoms. The molecule has 8 nitrogen and oxygen atoms in total. The lowest BCUT2D eigenvalue weighted by Gasteiger charge is -2.26. The molecule has 1 atom stereocenters. The van der Waals surface area contributed by atoms with E-state index in [9.17, 15) is 22.8 Å². The van der Waals surface area contributed by atoms with E-state index in [0.717, 1.165) is 12.8 Å². The molecule has 1 fully saturated rings. The van der Waals surface area contributed by atoms with Crippen molar-refractivity contribution < 1.29 is 27.9 Å². The number of hydrogen-bond acceptors (Lipinski definition) is 5. The van der Waals surface area contributed by atoms with Crippen LogP contribution in [0.3, 0.4) is 0 Å². The molecule has 2 N–H and O–H groups in total. The number of carboxylic acids is 1. The number of sulfonamides is 1. The lowest BCUT2D eigenvalue weighted by molar-refractivity contribution is -0.150. The van der Waals surface area contributed by atoms with Crippen molar-refractivity contribution in [2.45, 2.75) is 50.1 Å². The highest BCUT2D eigenvalue weighted by Crippen LogP contribution is 2.29. The van der Waals surface area contributed by atoms with Crippen LogP contribution in [0.2, 0.25) is 0 Å². The lowest BCUT2D eigenvalue weighted by Crippen LogP contribution is -2.45. The lowest BCUT2D eigenvalue weighted by atomic mass is 10.2. The number of aliphatic carboxylic acids is 1. The summed E-state index contributed by atoms with van der Waals surface area (Å²) in [5.74, 6) is -1.64. The normalized spacial score (nSPS) is 15.3. The SMILES string of the molecule is CC(=O)c1ccc(S(=O)(=O)NCCC(=O)N(C2CC2)C(C)C(=O)O)cc1. The van der Waals surface area contributed by atoms with Crippen molar-refractivity contribution in [1.29, 1.82) is 0 Å². The third-order valence-corrected chi connectivity index (χ3v) is 5.68. The summed E-state index contributed by atoms with van der Waals surface area (Å²) in [5.41, 5.74) is 0.405. The van der Waals surface area contributed by atoms with Crippen LogP contribution in [-0.4, -0.2) is 54.7 Å². The van der Waals surface area contributed by atoms with Gasteiger partial charge in [0.25, 0.3) is 0 Å². The third-order valence-electron chi connectivity index (χ3n) is 4.20. The Morgan fingerprint density at radius 3 is 2.27 bits per heavy atom. The fraction of sp³-hybridized carbons (Fsp3) is 0.471. The van der Waals surface area contributed by atoms with Gasteiger partial charge in [0.2, 0.25) is 15.9 Å². The monoisotopic (exact) mass is 382 g/mol. The van der Waals surface area contributed by atoms with E-state index in [4.69, 9.17) is 5.11 Å². The first-order valence-corrected chi connectivity index (χ1v) is 9.76. The van der Waals surface area contributed by atoms with Gasteiger partial charge in [0.15, 0.2) is 5.78 Å². The van der Waals surface area contributed by atoms with Crippen molar-refractivity contribution in [3.63, 3.8) is 0 Å². The van der Waals surface area contributed by atoms with E-state index in [1.807, 2.05) is 0 Å². The predicted molar refractivity (Wildman–Crippen MR) is 93.2 cm³/mol. The number of carboxylic acid groups (broad SMARTS) is 1. The van der Waals surface area contributed by atoms with Gasteiger partial charge < -0.3 is 10.0 Å². The summed E-state index contributed by atoms with van der Waals surface area (Å²) in [6.45, 7) is 2.70. The highest BCUT2D eigenvalue weighted by molar-refractivity contribution is 7.89. The average molecular weight is 382 g/mol. The summed E-state index contributed by atoms with van der Waals surface area (Å²) in [4.78, 5) is 36.0. The van der Waals surface area contributed by atoms with Crippen LogP contribution in [0.1, 0.15) is 43.5 Å². The molecule has 1 unspecified atom stereocenters. The zero-order chi connectivity index (χ0) is 19.5. The van der Waals surface area contributed by atoms with Crippen LogP contribution in [0.25, 0.3) is 0 Å². The fourth-order valence-corrected chi connectivity index (χ4v) is 3.61. The van der Waals surface area contributed by atoms with E-state index in [2.05, 4.69) is 4.72 Å². The molecule has 1 aliphatic carbocycles. The van der Waals surface area contributed by atoms with E-state index in [1.165, 1.54) is 43.0 Å². The van der Waals surface area contributed by atoms with Crippen molar-refractivity contribution in [1.82, 2.24) is 9.62 Å². The summed E-state index contributed by atoms with van der Waals surface area (Å²) in [5, 5.41) is 9.11. The van der Waals surface area contributed by atoms with Gasteiger partial charge in [-0.2, -0.15) is 0 Å². The van der Waals surface area contributed by atoms with Crippen molar-refractivity contribution in [2.24, 2.45) is 0 Å². The van der Waals surface area contributed by atoms with Gasteiger partial charge in [-0.25, -0.2) is 17.9 Å². The van der Waals surface area contributed by atoms with E-state index >= 15 is 0 Å². The molecule has 1 amide bonds. The molecule has 1 aromatic carbocycles. The van der Waals surface area contributed by atoms with Gasteiger partial charge in [-0.1, -0.05) is 12.1 Å². The van der Waals surface area contributed by atoms with E-state index < -0.39 is 27.9 Å². The summed E-state index contributed by atoms with van der Waals surface area (Å²) in [6, 6.07) is 4.47. The molecular weight excluding hydrogens is 360 g/mol. The number of hydrogen-bond donors (Lipinski definition) is 2. The first kappa shape index (κ1) is 20.1. The van der Waals surface area contributed by atoms with Gasteiger partial charge in [-0.3, -0.25) is 9.59 Å². The standard InChI is InChI=1S/C17H22N2O6S/c1-11(17(22)23)19(14-5-6-14)16(21)9-10-18-26(24,25)15-7-3-13(4-8-15)12(2)20/h3-4,7-8,11,14,18H,5-6,9-10H2,1-2H3,(H,22,23). The predicted octanol–water partition coefficient (Wildman–Crippen LogP) is 1.02. The van der Waals surface area contributed by atoms with Crippen LogP contribution in [-0.2, 0) is 19.6 Å². The zero-order valence-electron chi connectivity index (χ0n) is 14.6. The first-order chi connectivity index (χ1) is 12.1. The molecule has 1 aromatic rings. The van der Waals surface area contributed by atoms with Crippen molar-refractivity contribution in [3.05, 3.63) is 29.8 Å². The minimum atomic E-state index is -3.81. The molecule has 9 heteroatoms. The quantitative estimate of drug-likeness (QED) is 0.615. The van der Waals surface area contributed by atoms with Crippen LogP contribution < -0.4 is 4.72 Å². The minimum Gasteiger partial charge on any atom is -0.480 e. The maximum atomic E-state index is 12.3. The summed E-state index contributed by atoms with van der Waals surface area (Å²) >= 11 is 0. The number of rotatable bonds is 9. The summed E-state index contributed by atoms with van der Waals surface area (Å²) in [7, 11) is -3.81. The molecule has 0 spiro atoms. The van der Waals surface area contributed by atoms with Gasteiger partial charge >= 0.3 is 5.97 Å². The zero-order valence-corrected chi connectivity index (χ0v) is 15.5. The smallest absolute Gasteiger partial charge is 0.326 e. The number of Topliss-reactive ketones (excluding diaryl/α,β-unsaturated/α-hetero) is 1. The number of ketones is 1. The van der Waals surface area contributed by atoms with Crippen molar-refractivity contribution >= 4 is 27.7 Å². The number of nitrogens with one attached hydrogen (secondary N) is 1. The molecule has 1 saturated carbocycles. The highest BCUT2D eigenvalue weighted by atomic mass is 32.2. The number of benzene rings is 1. The highest BCUT2D eigenvalue weighted by Gasteiger charge is 2.38. The maximum Gasteiger partial charge on any atom is 0.326 e. The number of carbonyl (C=O) groups excluding carboxylic acids is 2. The van der Waals surface area contributed by atoms with Crippen LogP contribution in [0.5, 0.6) is 0 Å². The van der Waals surface area contributed by atoms with Crippen LogP contribution in [0.4, 0.5) is 0 Å². The Hall–Kier alpha value is -2.26. The Kier molecular flexibility index (Phi) is 6.14. The summed E-state index contributed by atoms with van der Waals surface area (Å²) < 4.78 is 26.8. The molecule has 1 aliphatic rings. The Balaban J connectivity index is 1.95. The molecule has 0 radical (unpaired) electrons. The van der Waals surface area contributed by atoms with Crippen molar-refractivity contribution in [2.75, 3.05) is 6.54 Å². The second kappa shape index (κ2) is 7.96. The van der Waals surface area contributed by atoms with Gasteiger partial charge in [-0.05, 0) is 38.8 Å². The average Bonchev–Trinajstić information content (AvgIpc) is 3.39. The second-order valence-corrected chi connectivity index (χ2v) is 8.04. The minimum absolute atomic E-state index is 0.00657. The molecule has 0 heterocycles. The molecule has 2 rings (SSSR count). The third kappa shape index (κ3) is 4.89. The van der Waals surface area contributed by atoms with Crippen LogP contribution in [0.15, 0.2) is 29.2 Å². The second-order valence-electron chi connectivity index (χ2n) is 6.27. The van der Waals surface area contributed by atoms with Crippen LogP contribution >= 0.6 is 0 Å². The Bertz CT molecular complexity index is 799. The molecule has 0 aromatic heterocycles. The Morgan fingerprint density at radius 1 is 1.23 bits per heavy atom. The molecule has 0 saturated heterocycles. The number of nitrogens with zero attached hydrogens (tertiary/aromatic N) is 1. The summed E-state index contributed by atoms with van der Waals surface area (Å²) in [6.07, 6.45) is 1.40. The Labute approximate surface area is 152 Å². The van der Waals surface area contributed by atoms with E-state index in [-0.39, 0.29) is 29.7 Å². The largest absolute Gasteiger partial charge is 0.480 e.